The van der Waals surface area contributed by atoms with E-state index in [9.17, 15) is 0 Å². The molecule has 10 aromatic rings. The van der Waals surface area contributed by atoms with Gasteiger partial charge in [-0.1, -0.05) is 135 Å². The second-order valence-electron chi connectivity index (χ2n) is 15.4. The van der Waals surface area contributed by atoms with Gasteiger partial charge in [0.2, 0.25) is 0 Å². The molecule has 0 saturated carbocycles. The third kappa shape index (κ3) is 4.95. The summed E-state index contributed by atoms with van der Waals surface area (Å²) in [7, 11) is 0. The number of hydrogen-bond donors (Lipinski definition) is 0. The molecule has 0 unspecified atom stereocenters. The maximum Gasteiger partial charge on any atom is 0.0553 e. The van der Waals surface area contributed by atoms with Crippen molar-refractivity contribution in [3.05, 3.63) is 204 Å². The number of nitrogens with zero attached hydrogens (tertiary/aromatic N) is 2. The third-order valence-electron chi connectivity index (χ3n) is 11.8. The lowest BCUT2D eigenvalue weighted by Gasteiger charge is -2.28. The van der Waals surface area contributed by atoms with Crippen molar-refractivity contribution < 1.29 is 0 Å². The SMILES string of the molecule is CC1(C)c2ccccc2-c2ccc(N(c3ccccc3)c3ccc4cc(C=Cc5cc6ccc7cccc8c7c6c(c5)n8-c5ccccc5)ccc4c3)cc21. The number of para-hydroxylation sites is 2. The summed E-state index contributed by atoms with van der Waals surface area (Å²) in [5, 5.41) is 7.63. The summed E-state index contributed by atoms with van der Waals surface area (Å²) >= 11 is 0. The average Bonchev–Trinajstić information content (AvgIpc) is 3.69. The quantitative estimate of drug-likeness (QED) is 0.124. The van der Waals surface area contributed by atoms with Crippen molar-refractivity contribution in [2.24, 2.45) is 0 Å². The molecular formula is C53H38N2. The molecule has 9 aromatic carbocycles. The minimum atomic E-state index is -0.0685. The standard InChI is InChI=1S/C53H38N2/c1-53(2)47-18-10-9-17-45(47)46-29-28-44(34-48(46)53)54(41-13-5-3-6-14-41)43-27-26-38-30-35(22-23-39(38)33-43)20-21-36-31-40-25-24-37-12-11-19-49-51(37)52(40)50(32-36)55(49)42-15-7-4-8-16-42/h3-34H,1-2H3. The Bertz CT molecular complexity index is 3110. The van der Waals surface area contributed by atoms with Gasteiger partial charge in [0.25, 0.3) is 0 Å². The molecule has 0 atom stereocenters. The highest BCUT2D eigenvalue weighted by Gasteiger charge is 2.35. The Morgan fingerprint density at radius 1 is 0.418 bits per heavy atom. The highest BCUT2D eigenvalue weighted by Crippen LogP contribution is 2.50. The van der Waals surface area contributed by atoms with Crippen molar-refractivity contribution in [1.82, 2.24) is 4.57 Å². The molecule has 0 N–H and O–H groups in total. The first-order valence-electron chi connectivity index (χ1n) is 19.2. The summed E-state index contributed by atoms with van der Waals surface area (Å²) in [5.41, 5.74) is 14.8. The molecule has 2 nitrogen and oxygen atoms in total. The Labute approximate surface area is 321 Å². The maximum absolute atomic E-state index is 2.41. The van der Waals surface area contributed by atoms with Gasteiger partial charge in [0.05, 0.1) is 11.0 Å². The van der Waals surface area contributed by atoms with Crippen molar-refractivity contribution >= 4 is 72.6 Å². The highest BCUT2D eigenvalue weighted by molar-refractivity contribution is 6.24. The summed E-state index contributed by atoms with van der Waals surface area (Å²) in [4.78, 5) is 2.39. The van der Waals surface area contributed by atoms with Crippen LogP contribution >= 0.6 is 0 Å². The van der Waals surface area contributed by atoms with Crippen LogP contribution in [0.4, 0.5) is 17.1 Å². The smallest absolute Gasteiger partial charge is 0.0553 e. The van der Waals surface area contributed by atoms with Crippen molar-refractivity contribution in [3.8, 4) is 16.8 Å². The van der Waals surface area contributed by atoms with Crippen LogP contribution in [-0.2, 0) is 5.41 Å². The van der Waals surface area contributed by atoms with E-state index in [-0.39, 0.29) is 5.41 Å². The molecule has 55 heavy (non-hydrogen) atoms. The van der Waals surface area contributed by atoms with E-state index in [1.165, 1.54) is 82.4 Å². The van der Waals surface area contributed by atoms with Crippen molar-refractivity contribution in [1.29, 1.82) is 0 Å². The molecule has 0 spiro atoms. The fraction of sp³-hybridized carbons (Fsp3) is 0.0566. The van der Waals surface area contributed by atoms with Gasteiger partial charge in [-0.05, 0) is 128 Å². The summed E-state index contributed by atoms with van der Waals surface area (Å²) < 4.78 is 2.41. The lowest BCUT2D eigenvalue weighted by molar-refractivity contribution is 0.660. The predicted octanol–water partition coefficient (Wildman–Crippen LogP) is 14.5. The van der Waals surface area contributed by atoms with Crippen molar-refractivity contribution in [3.63, 3.8) is 0 Å². The van der Waals surface area contributed by atoms with E-state index in [2.05, 4.69) is 217 Å². The fourth-order valence-electron chi connectivity index (χ4n) is 9.21. The Kier molecular flexibility index (Phi) is 6.93. The largest absolute Gasteiger partial charge is 0.310 e. The molecule has 0 saturated heterocycles. The molecule has 0 radical (unpaired) electrons. The van der Waals surface area contributed by atoms with E-state index in [1.807, 2.05) is 0 Å². The number of rotatable bonds is 6. The van der Waals surface area contributed by atoms with Crippen LogP contribution in [0.25, 0.3) is 72.3 Å². The van der Waals surface area contributed by atoms with E-state index in [1.54, 1.807) is 0 Å². The van der Waals surface area contributed by atoms with Gasteiger partial charge in [0.1, 0.15) is 0 Å². The molecule has 1 aliphatic carbocycles. The first-order valence-corrected chi connectivity index (χ1v) is 19.2. The normalized spacial score (nSPS) is 13.3. The number of hydrogen-bond acceptors (Lipinski definition) is 1. The van der Waals surface area contributed by atoms with Crippen LogP contribution in [0.1, 0.15) is 36.1 Å². The maximum atomic E-state index is 2.41. The second-order valence-corrected chi connectivity index (χ2v) is 15.4. The summed E-state index contributed by atoms with van der Waals surface area (Å²) in [6.45, 7) is 4.70. The van der Waals surface area contributed by atoms with Crippen LogP contribution in [0, 0.1) is 0 Å². The van der Waals surface area contributed by atoms with Crippen LogP contribution in [0.5, 0.6) is 0 Å². The number of anilines is 3. The van der Waals surface area contributed by atoms with Crippen molar-refractivity contribution in [2.45, 2.75) is 19.3 Å². The van der Waals surface area contributed by atoms with E-state index < -0.39 is 0 Å². The molecule has 0 fully saturated rings. The monoisotopic (exact) mass is 702 g/mol. The van der Waals surface area contributed by atoms with Gasteiger partial charge in [-0.25, -0.2) is 0 Å². The number of aromatic nitrogens is 1. The topological polar surface area (TPSA) is 8.17 Å². The highest BCUT2D eigenvalue weighted by atomic mass is 15.1. The fourth-order valence-corrected chi connectivity index (χ4v) is 9.21. The van der Waals surface area contributed by atoms with Crippen LogP contribution in [0.2, 0.25) is 0 Å². The molecule has 260 valence electrons. The molecule has 2 heteroatoms. The van der Waals surface area contributed by atoms with Gasteiger partial charge in [0, 0.05) is 38.9 Å². The van der Waals surface area contributed by atoms with Crippen LogP contribution in [-0.4, -0.2) is 4.57 Å². The molecule has 1 heterocycles. The number of benzene rings is 9. The van der Waals surface area contributed by atoms with Gasteiger partial charge >= 0.3 is 0 Å². The zero-order chi connectivity index (χ0) is 36.7. The third-order valence-corrected chi connectivity index (χ3v) is 11.8. The minimum Gasteiger partial charge on any atom is -0.310 e. The van der Waals surface area contributed by atoms with Gasteiger partial charge in [0.15, 0.2) is 0 Å². The minimum absolute atomic E-state index is 0.0685. The van der Waals surface area contributed by atoms with Gasteiger partial charge < -0.3 is 9.47 Å². The van der Waals surface area contributed by atoms with Crippen molar-refractivity contribution in [2.75, 3.05) is 4.90 Å². The zero-order valence-corrected chi connectivity index (χ0v) is 30.9. The summed E-state index contributed by atoms with van der Waals surface area (Å²) in [5.74, 6) is 0. The molecule has 11 rings (SSSR count). The summed E-state index contributed by atoms with van der Waals surface area (Å²) in [6.07, 6.45) is 4.50. The van der Waals surface area contributed by atoms with Crippen LogP contribution in [0.15, 0.2) is 182 Å². The van der Waals surface area contributed by atoms with Gasteiger partial charge in [-0.15, -0.1) is 0 Å². The molecule has 1 aliphatic rings. The molecule has 0 amide bonds. The Morgan fingerprint density at radius 2 is 1.05 bits per heavy atom. The van der Waals surface area contributed by atoms with Gasteiger partial charge in [-0.3, -0.25) is 0 Å². The van der Waals surface area contributed by atoms with E-state index >= 15 is 0 Å². The van der Waals surface area contributed by atoms with Crippen LogP contribution in [0.3, 0.4) is 0 Å². The predicted molar refractivity (Wildman–Crippen MR) is 235 cm³/mol. The molecule has 1 aromatic heterocycles. The van der Waals surface area contributed by atoms with Gasteiger partial charge in [-0.2, -0.15) is 0 Å². The zero-order valence-electron chi connectivity index (χ0n) is 30.9. The van der Waals surface area contributed by atoms with E-state index in [4.69, 9.17) is 0 Å². The summed E-state index contributed by atoms with van der Waals surface area (Å²) in [6, 6.07) is 66.8. The van der Waals surface area contributed by atoms with E-state index in [0.29, 0.717) is 0 Å². The number of fused-ring (bicyclic) bond motifs is 4. The molecule has 0 aliphatic heterocycles. The Balaban J connectivity index is 0.963. The second kappa shape index (κ2) is 12.1. The molecular weight excluding hydrogens is 665 g/mol. The lowest BCUT2D eigenvalue weighted by atomic mass is 9.82. The Morgan fingerprint density at radius 3 is 1.93 bits per heavy atom. The van der Waals surface area contributed by atoms with E-state index in [0.717, 1.165) is 17.1 Å². The van der Waals surface area contributed by atoms with Crippen LogP contribution < -0.4 is 4.90 Å². The first kappa shape index (κ1) is 31.6. The Hall–Kier alpha value is -6.90. The lowest BCUT2D eigenvalue weighted by Crippen LogP contribution is -2.16. The molecule has 0 bridgehead atoms. The first-order chi connectivity index (χ1) is 27.0. The average molecular weight is 703 g/mol.